The third-order valence-corrected chi connectivity index (χ3v) is 5.64. The molecule has 1 aliphatic rings. The van der Waals surface area contributed by atoms with Gasteiger partial charge in [0.05, 0.1) is 16.8 Å². The molecule has 1 aliphatic heterocycles. The van der Waals surface area contributed by atoms with Crippen molar-refractivity contribution in [2.24, 2.45) is 0 Å². The van der Waals surface area contributed by atoms with E-state index in [-0.39, 0.29) is 30.5 Å². The summed E-state index contributed by atoms with van der Waals surface area (Å²) in [6.07, 6.45) is 3.25. The fourth-order valence-electron chi connectivity index (χ4n) is 3.65. The van der Waals surface area contributed by atoms with Crippen LogP contribution < -0.4 is 0 Å². The van der Waals surface area contributed by atoms with Crippen molar-refractivity contribution in [2.45, 2.75) is 58.7 Å². The summed E-state index contributed by atoms with van der Waals surface area (Å²) in [5.41, 5.74) is 1.39. The van der Waals surface area contributed by atoms with Crippen LogP contribution in [-0.4, -0.2) is 40.0 Å². The van der Waals surface area contributed by atoms with E-state index in [0.29, 0.717) is 12.3 Å². The lowest BCUT2D eigenvalue weighted by Crippen LogP contribution is -2.48. The molecule has 0 aromatic carbocycles. The predicted octanol–water partition coefficient (Wildman–Crippen LogP) is 3.67. The fraction of sp³-hybridized carbons (Fsp3) is 0.556. The number of nitrogens with zero attached hydrogens (tertiary/aromatic N) is 2. The molecule has 3 rings (SSSR count). The molecule has 3 heterocycles. The van der Waals surface area contributed by atoms with E-state index < -0.39 is 0 Å². The Morgan fingerprint density at radius 2 is 2.00 bits per heavy atom. The number of carbonyl (C=O) groups excluding carboxylic acids is 2. The van der Waals surface area contributed by atoms with Crippen molar-refractivity contribution in [3.8, 4) is 0 Å². The summed E-state index contributed by atoms with van der Waals surface area (Å²) in [7, 11) is 0. The molecule has 5 nitrogen and oxygen atoms in total. The average Bonchev–Trinajstić information content (AvgIpc) is 3.10. The number of esters is 1. The zero-order chi connectivity index (χ0) is 17.3. The molecule has 2 unspecified atom stereocenters. The number of piperidine rings is 1. The van der Waals surface area contributed by atoms with Gasteiger partial charge in [0.2, 0.25) is 5.91 Å². The molecule has 0 aliphatic carbocycles. The number of rotatable bonds is 4. The molecular formula is C18H24N2O3S. The second-order valence-corrected chi connectivity index (χ2v) is 7.38. The van der Waals surface area contributed by atoms with Crippen LogP contribution in [0.2, 0.25) is 0 Å². The van der Waals surface area contributed by atoms with Crippen molar-refractivity contribution < 1.29 is 14.3 Å². The van der Waals surface area contributed by atoms with E-state index in [1.165, 1.54) is 6.42 Å². The minimum atomic E-state index is -0.367. The maximum Gasteiger partial charge on any atom is 0.355 e. The summed E-state index contributed by atoms with van der Waals surface area (Å²) in [4.78, 5) is 27.2. The molecule has 2 aromatic rings. The van der Waals surface area contributed by atoms with Gasteiger partial charge in [0.15, 0.2) is 0 Å². The van der Waals surface area contributed by atoms with Gasteiger partial charge in [-0.1, -0.05) is 0 Å². The highest BCUT2D eigenvalue weighted by Crippen LogP contribution is 2.28. The molecule has 2 atom stereocenters. The first-order chi connectivity index (χ1) is 11.5. The first-order valence-electron chi connectivity index (χ1n) is 8.58. The van der Waals surface area contributed by atoms with Crippen molar-refractivity contribution in [3.63, 3.8) is 0 Å². The number of fused-ring (bicyclic) bond motifs is 1. The van der Waals surface area contributed by atoms with E-state index in [0.717, 1.165) is 23.1 Å². The molecule has 0 bridgehead atoms. The Bertz CT molecular complexity index is 739. The van der Waals surface area contributed by atoms with Gasteiger partial charge in [-0.2, -0.15) is 0 Å². The molecule has 24 heavy (non-hydrogen) atoms. The van der Waals surface area contributed by atoms with Crippen LogP contribution in [-0.2, 0) is 16.1 Å². The number of likely N-dealkylation sites (tertiary alicyclic amines) is 1. The SMILES string of the molecule is CCOC(=O)c1cc2sccc2n1CC(=O)N1C(C)CCCC1C. The van der Waals surface area contributed by atoms with Crippen molar-refractivity contribution in [2.75, 3.05) is 6.61 Å². The number of amides is 1. The fourth-order valence-corrected chi connectivity index (χ4v) is 4.47. The van der Waals surface area contributed by atoms with Crippen LogP contribution in [0, 0.1) is 0 Å². The van der Waals surface area contributed by atoms with Gasteiger partial charge in [-0.05, 0) is 57.5 Å². The van der Waals surface area contributed by atoms with Gasteiger partial charge >= 0.3 is 5.97 Å². The van der Waals surface area contributed by atoms with Gasteiger partial charge in [-0.15, -0.1) is 11.3 Å². The zero-order valence-corrected chi connectivity index (χ0v) is 15.3. The molecule has 2 aromatic heterocycles. The number of hydrogen-bond acceptors (Lipinski definition) is 4. The summed E-state index contributed by atoms with van der Waals surface area (Å²) in [6.45, 7) is 6.51. The average molecular weight is 348 g/mol. The lowest BCUT2D eigenvalue weighted by Gasteiger charge is -2.39. The van der Waals surface area contributed by atoms with Crippen LogP contribution in [0.3, 0.4) is 0 Å². The molecule has 6 heteroatoms. The molecule has 0 N–H and O–H groups in total. The Labute approximate surface area is 146 Å². The standard InChI is InChI=1S/C18H24N2O3S/c1-4-23-18(22)15-10-16-14(8-9-24-16)19(15)11-17(21)20-12(2)6-5-7-13(20)3/h8-10,12-13H,4-7,11H2,1-3H3. The van der Waals surface area contributed by atoms with Crippen LogP contribution >= 0.6 is 11.3 Å². The van der Waals surface area contributed by atoms with Gasteiger partial charge in [-0.3, -0.25) is 4.79 Å². The maximum absolute atomic E-state index is 12.9. The summed E-state index contributed by atoms with van der Waals surface area (Å²) >= 11 is 1.57. The van der Waals surface area contributed by atoms with Crippen LogP contribution in [0.15, 0.2) is 17.5 Å². The van der Waals surface area contributed by atoms with Crippen LogP contribution in [0.4, 0.5) is 0 Å². The maximum atomic E-state index is 12.9. The highest BCUT2D eigenvalue weighted by Gasteiger charge is 2.30. The second kappa shape index (κ2) is 6.97. The summed E-state index contributed by atoms with van der Waals surface area (Å²) in [5, 5.41) is 1.98. The number of ether oxygens (including phenoxy) is 1. The van der Waals surface area contributed by atoms with Crippen LogP contribution in [0.25, 0.3) is 10.2 Å². The zero-order valence-electron chi connectivity index (χ0n) is 14.4. The van der Waals surface area contributed by atoms with Crippen LogP contribution in [0.5, 0.6) is 0 Å². The predicted molar refractivity (Wildman–Crippen MR) is 95.4 cm³/mol. The highest BCUT2D eigenvalue weighted by atomic mass is 32.1. The molecule has 0 radical (unpaired) electrons. The minimum absolute atomic E-state index is 0.0731. The van der Waals surface area contributed by atoms with Gasteiger partial charge in [0, 0.05) is 12.1 Å². The number of aromatic nitrogens is 1. The Morgan fingerprint density at radius 1 is 1.29 bits per heavy atom. The lowest BCUT2D eigenvalue weighted by atomic mass is 9.97. The van der Waals surface area contributed by atoms with Crippen molar-refractivity contribution in [1.29, 1.82) is 0 Å². The van der Waals surface area contributed by atoms with Gasteiger partial charge in [0.25, 0.3) is 0 Å². The van der Waals surface area contributed by atoms with E-state index in [1.54, 1.807) is 22.8 Å². The number of thiophene rings is 1. The Kier molecular flexibility index (Phi) is 4.94. The van der Waals surface area contributed by atoms with Crippen molar-refractivity contribution >= 4 is 33.4 Å². The lowest BCUT2D eigenvalue weighted by molar-refractivity contribution is -0.137. The molecule has 0 saturated carbocycles. The van der Waals surface area contributed by atoms with Gasteiger partial charge < -0.3 is 14.2 Å². The van der Waals surface area contributed by atoms with E-state index >= 15 is 0 Å². The summed E-state index contributed by atoms with van der Waals surface area (Å²) in [5.74, 6) is -0.294. The van der Waals surface area contributed by atoms with Crippen molar-refractivity contribution in [3.05, 3.63) is 23.2 Å². The summed E-state index contributed by atoms with van der Waals surface area (Å²) in [6, 6.07) is 4.29. The Morgan fingerprint density at radius 3 is 2.67 bits per heavy atom. The molecule has 1 saturated heterocycles. The van der Waals surface area contributed by atoms with Gasteiger partial charge in [0.1, 0.15) is 12.2 Å². The Hall–Kier alpha value is -1.82. The number of hydrogen-bond donors (Lipinski definition) is 0. The van der Waals surface area contributed by atoms with Crippen LogP contribution in [0.1, 0.15) is 50.5 Å². The molecule has 130 valence electrons. The molecule has 1 fully saturated rings. The normalized spacial score (nSPS) is 21.2. The molecule has 0 spiro atoms. The topological polar surface area (TPSA) is 51.5 Å². The Balaban J connectivity index is 1.90. The molecule has 1 amide bonds. The van der Waals surface area contributed by atoms with Gasteiger partial charge in [-0.25, -0.2) is 4.79 Å². The largest absolute Gasteiger partial charge is 0.461 e. The third-order valence-electron chi connectivity index (χ3n) is 4.78. The first kappa shape index (κ1) is 17.0. The van der Waals surface area contributed by atoms with E-state index in [9.17, 15) is 9.59 Å². The highest BCUT2D eigenvalue weighted by molar-refractivity contribution is 7.17. The molecular weight excluding hydrogens is 324 g/mol. The van der Waals surface area contributed by atoms with Crippen molar-refractivity contribution in [1.82, 2.24) is 9.47 Å². The second-order valence-electron chi connectivity index (χ2n) is 6.44. The first-order valence-corrected chi connectivity index (χ1v) is 9.46. The van der Waals surface area contributed by atoms with E-state index in [4.69, 9.17) is 4.74 Å². The smallest absolute Gasteiger partial charge is 0.355 e. The monoisotopic (exact) mass is 348 g/mol. The van der Waals surface area contributed by atoms with E-state index in [2.05, 4.69) is 13.8 Å². The minimum Gasteiger partial charge on any atom is -0.461 e. The quantitative estimate of drug-likeness (QED) is 0.792. The third kappa shape index (κ3) is 3.07. The van der Waals surface area contributed by atoms with E-state index in [1.807, 2.05) is 22.4 Å². The summed E-state index contributed by atoms with van der Waals surface area (Å²) < 4.78 is 7.97. The number of carbonyl (C=O) groups is 2.